The average Bonchev–Trinajstić information content (AvgIpc) is 2.91. The lowest BCUT2D eigenvalue weighted by Gasteiger charge is -2.34. The van der Waals surface area contributed by atoms with Crippen molar-refractivity contribution < 1.29 is 4.79 Å². The maximum Gasteiger partial charge on any atom is 0.143 e. The van der Waals surface area contributed by atoms with Gasteiger partial charge in [-0.3, -0.25) is 9.69 Å². The zero-order chi connectivity index (χ0) is 9.97. The molecule has 1 heterocycles. The predicted octanol–water partition coefficient (Wildman–Crippen LogP) is 0.603. The van der Waals surface area contributed by atoms with Gasteiger partial charge in [-0.2, -0.15) is 0 Å². The van der Waals surface area contributed by atoms with Crippen LogP contribution >= 0.6 is 0 Å². The van der Waals surface area contributed by atoms with Crippen LogP contribution < -0.4 is 0 Å². The number of Topliss-reactive ketones (excluding diaryl/α,β-unsaturated/α-hetero) is 1. The Balaban J connectivity index is 1.66. The second-order valence-electron chi connectivity index (χ2n) is 4.72. The molecular weight excluding hydrogens is 176 g/mol. The van der Waals surface area contributed by atoms with Crippen LogP contribution in [-0.2, 0) is 4.79 Å². The number of carbonyl (C=O) groups is 1. The molecular formula is C11H20N2O. The van der Waals surface area contributed by atoms with E-state index in [1.54, 1.807) is 6.92 Å². The Labute approximate surface area is 86.1 Å². The van der Waals surface area contributed by atoms with Crippen LogP contribution in [0.1, 0.15) is 19.8 Å². The molecule has 14 heavy (non-hydrogen) atoms. The van der Waals surface area contributed by atoms with Crippen LogP contribution in [0, 0.1) is 5.92 Å². The smallest absolute Gasteiger partial charge is 0.143 e. The standard InChI is InChI=1S/C11H20N2O/c1-10(14)8-12-4-6-13(7-5-12)9-11-2-3-11/h11H,2-9H2,1H3. The summed E-state index contributed by atoms with van der Waals surface area (Å²) in [6, 6.07) is 0. The van der Waals surface area contributed by atoms with E-state index in [4.69, 9.17) is 0 Å². The van der Waals surface area contributed by atoms with Crippen LogP contribution in [0.5, 0.6) is 0 Å². The van der Waals surface area contributed by atoms with E-state index >= 15 is 0 Å². The molecule has 3 nitrogen and oxygen atoms in total. The van der Waals surface area contributed by atoms with E-state index in [0.717, 1.165) is 32.1 Å². The molecule has 1 aliphatic heterocycles. The van der Waals surface area contributed by atoms with Gasteiger partial charge in [0, 0.05) is 32.7 Å². The summed E-state index contributed by atoms with van der Waals surface area (Å²) >= 11 is 0. The van der Waals surface area contributed by atoms with Gasteiger partial charge in [0.05, 0.1) is 6.54 Å². The lowest BCUT2D eigenvalue weighted by molar-refractivity contribution is -0.118. The number of hydrogen-bond donors (Lipinski definition) is 0. The highest BCUT2D eigenvalue weighted by Gasteiger charge is 2.26. The van der Waals surface area contributed by atoms with Gasteiger partial charge in [0.1, 0.15) is 5.78 Å². The zero-order valence-corrected chi connectivity index (χ0v) is 9.04. The van der Waals surface area contributed by atoms with Gasteiger partial charge in [-0.25, -0.2) is 0 Å². The Morgan fingerprint density at radius 2 is 1.71 bits per heavy atom. The van der Waals surface area contributed by atoms with Crippen molar-refractivity contribution in [2.75, 3.05) is 39.3 Å². The molecule has 1 saturated carbocycles. The van der Waals surface area contributed by atoms with Crippen LogP contribution in [0.15, 0.2) is 0 Å². The molecule has 0 radical (unpaired) electrons. The quantitative estimate of drug-likeness (QED) is 0.658. The van der Waals surface area contributed by atoms with Crippen molar-refractivity contribution >= 4 is 5.78 Å². The molecule has 1 aliphatic carbocycles. The minimum Gasteiger partial charge on any atom is -0.301 e. The van der Waals surface area contributed by atoms with Gasteiger partial charge in [0.25, 0.3) is 0 Å². The maximum atomic E-state index is 10.9. The molecule has 2 rings (SSSR count). The highest BCUT2D eigenvalue weighted by Crippen LogP contribution is 2.29. The summed E-state index contributed by atoms with van der Waals surface area (Å²) in [7, 11) is 0. The first-order valence-electron chi connectivity index (χ1n) is 5.68. The van der Waals surface area contributed by atoms with Crippen molar-refractivity contribution in [3.05, 3.63) is 0 Å². The predicted molar refractivity (Wildman–Crippen MR) is 56.3 cm³/mol. The largest absolute Gasteiger partial charge is 0.301 e. The monoisotopic (exact) mass is 196 g/mol. The first-order valence-corrected chi connectivity index (χ1v) is 5.68. The fourth-order valence-corrected chi connectivity index (χ4v) is 2.11. The minimum absolute atomic E-state index is 0.292. The van der Waals surface area contributed by atoms with E-state index in [1.807, 2.05) is 0 Å². The Kier molecular flexibility index (Phi) is 3.19. The van der Waals surface area contributed by atoms with E-state index in [0.29, 0.717) is 12.3 Å². The minimum atomic E-state index is 0.292. The molecule has 1 saturated heterocycles. The summed E-state index contributed by atoms with van der Waals surface area (Å²) in [5, 5.41) is 0. The fourth-order valence-electron chi connectivity index (χ4n) is 2.11. The molecule has 0 amide bonds. The third-order valence-electron chi connectivity index (χ3n) is 3.12. The van der Waals surface area contributed by atoms with Gasteiger partial charge >= 0.3 is 0 Å². The van der Waals surface area contributed by atoms with E-state index in [1.165, 1.54) is 19.4 Å². The Hall–Kier alpha value is -0.410. The normalized spacial score (nSPS) is 25.2. The number of nitrogens with zero attached hydrogens (tertiary/aromatic N) is 2. The van der Waals surface area contributed by atoms with Gasteiger partial charge in [0.2, 0.25) is 0 Å². The average molecular weight is 196 g/mol. The highest BCUT2D eigenvalue weighted by molar-refractivity contribution is 5.77. The number of ketones is 1. The maximum absolute atomic E-state index is 10.9. The summed E-state index contributed by atoms with van der Waals surface area (Å²) in [6.45, 7) is 8.09. The molecule has 0 aromatic carbocycles. The molecule has 0 N–H and O–H groups in total. The topological polar surface area (TPSA) is 23.6 Å². The van der Waals surface area contributed by atoms with E-state index in [-0.39, 0.29) is 0 Å². The summed E-state index contributed by atoms with van der Waals surface area (Å²) < 4.78 is 0. The first kappa shape index (κ1) is 10.1. The third kappa shape index (κ3) is 3.07. The summed E-state index contributed by atoms with van der Waals surface area (Å²) in [6.07, 6.45) is 2.88. The van der Waals surface area contributed by atoms with Crippen molar-refractivity contribution in [1.29, 1.82) is 0 Å². The molecule has 2 aliphatic rings. The second kappa shape index (κ2) is 4.41. The third-order valence-corrected chi connectivity index (χ3v) is 3.12. The number of carbonyl (C=O) groups excluding carboxylic acids is 1. The van der Waals surface area contributed by atoms with E-state index < -0.39 is 0 Å². The molecule has 0 unspecified atom stereocenters. The van der Waals surface area contributed by atoms with Gasteiger partial charge < -0.3 is 4.90 Å². The molecule has 0 bridgehead atoms. The van der Waals surface area contributed by atoms with Crippen LogP contribution in [-0.4, -0.2) is 54.9 Å². The first-order chi connectivity index (χ1) is 6.74. The van der Waals surface area contributed by atoms with Gasteiger partial charge in [-0.1, -0.05) is 0 Å². The van der Waals surface area contributed by atoms with Crippen LogP contribution in [0.2, 0.25) is 0 Å². The number of hydrogen-bond acceptors (Lipinski definition) is 3. The zero-order valence-electron chi connectivity index (χ0n) is 9.04. The second-order valence-corrected chi connectivity index (χ2v) is 4.72. The fraction of sp³-hybridized carbons (Fsp3) is 0.909. The number of piperazine rings is 1. The molecule has 2 fully saturated rings. The molecule has 0 spiro atoms. The Morgan fingerprint density at radius 1 is 1.14 bits per heavy atom. The SMILES string of the molecule is CC(=O)CN1CCN(CC2CC2)CC1. The van der Waals surface area contributed by atoms with Crippen molar-refractivity contribution in [1.82, 2.24) is 9.80 Å². The Bertz CT molecular complexity index is 205. The summed E-state index contributed by atoms with van der Waals surface area (Å²) in [5.74, 6) is 1.29. The Morgan fingerprint density at radius 3 is 2.21 bits per heavy atom. The lowest BCUT2D eigenvalue weighted by Crippen LogP contribution is -2.48. The highest BCUT2D eigenvalue weighted by atomic mass is 16.1. The molecule has 0 aromatic rings. The molecule has 80 valence electrons. The van der Waals surface area contributed by atoms with Gasteiger partial charge in [0.15, 0.2) is 0 Å². The van der Waals surface area contributed by atoms with Crippen LogP contribution in [0.25, 0.3) is 0 Å². The van der Waals surface area contributed by atoms with Crippen molar-refractivity contribution in [3.63, 3.8) is 0 Å². The lowest BCUT2D eigenvalue weighted by atomic mass is 10.2. The van der Waals surface area contributed by atoms with Crippen molar-refractivity contribution in [3.8, 4) is 0 Å². The summed E-state index contributed by atoms with van der Waals surface area (Å²) in [5.41, 5.74) is 0. The number of rotatable bonds is 4. The van der Waals surface area contributed by atoms with Gasteiger partial charge in [-0.15, -0.1) is 0 Å². The molecule has 0 atom stereocenters. The van der Waals surface area contributed by atoms with Crippen molar-refractivity contribution in [2.24, 2.45) is 5.92 Å². The van der Waals surface area contributed by atoms with Crippen molar-refractivity contribution in [2.45, 2.75) is 19.8 Å². The molecule has 0 aromatic heterocycles. The molecule has 3 heteroatoms. The van der Waals surface area contributed by atoms with Gasteiger partial charge in [-0.05, 0) is 25.7 Å². The van der Waals surface area contributed by atoms with E-state index in [9.17, 15) is 4.79 Å². The van der Waals surface area contributed by atoms with E-state index in [2.05, 4.69) is 9.80 Å². The van der Waals surface area contributed by atoms with Crippen LogP contribution in [0.3, 0.4) is 0 Å². The summed E-state index contributed by atoms with van der Waals surface area (Å²) in [4.78, 5) is 15.7. The van der Waals surface area contributed by atoms with Crippen LogP contribution in [0.4, 0.5) is 0 Å².